The highest BCUT2D eigenvalue weighted by Crippen LogP contribution is 2.45. The number of esters is 1. The van der Waals surface area contributed by atoms with Crippen molar-refractivity contribution >= 4 is 28.5 Å². The first-order valence-electron chi connectivity index (χ1n) is 10.3. The fourth-order valence-electron chi connectivity index (χ4n) is 4.57. The van der Waals surface area contributed by atoms with Gasteiger partial charge in [0, 0.05) is 40.2 Å². The van der Waals surface area contributed by atoms with E-state index in [-0.39, 0.29) is 12.7 Å². The molecule has 0 radical (unpaired) electrons. The number of carbonyl (C=O) groups excluding carboxylic acids is 1. The fraction of sp³-hybridized carbons (Fsp3) is 0.391. The monoisotopic (exact) mass is 443 g/mol. The summed E-state index contributed by atoms with van der Waals surface area (Å²) in [6.45, 7) is 9.50. The van der Waals surface area contributed by atoms with Gasteiger partial charge in [0.15, 0.2) is 0 Å². The molecule has 1 aliphatic heterocycles. The summed E-state index contributed by atoms with van der Waals surface area (Å²) in [7, 11) is 1.37. The molecule has 2 aromatic heterocycles. The number of rotatable bonds is 6. The van der Waals surface area contributed by atoms with Gasteiger partial charge < -0.3 is 19.1 Å². The van der Waals surface area contributed by atoms with E-state index in [1.54, 1.807) is 6.08 Å². The summed E-state index contributed by atoms with van der Waals surface area (Å²) in [6, 6.07) is 3.75. The van der Waals surface area contributed by atoms with Gasteiger partial charge in [0.2, 0.25) is 0 Å². The third kappa shape index (κ3) is 3.37. The predicted molar refractivity (Wildman–Crippen MR) is 120 cm³/mol. The van der Waals surface area contributed by atoms with E-state index in [2.05, 4.69) is 6.58 Å². The fourth-order valence-corrected chi connectivity index (χ4v) is 4.82. The van der Waals surface area contributed by atoms with Crippen molar-refractivity contribution < 1.29 is 19.4 Å². The smallest absolute Gasteiger partial charge is 0.354 e. The first-order valence-corrected chi connectivity index (χ1v) is 10.6. The van der Waals surface area contributed by atoms with Crippen molar-refractivity contribution in [2.45, 2.75) is 39.5 Å². The molecule has 0 saturated heterocycles. The van der Waals surface area contributed by atoms with Gasteiger partial charge in [0.25, 0.3) is 0 Å². The number of ether oxygens (including phenoxy) is 2. The van der Waals surface area contributed by atoms with Gasteiger partial charge in [0.05, 0.1) is 31.6 Å². The second-order valence-corrected chi connectivity index (χ2v) is 8.01. The summed E-state index contributed by atoms with van der Waals surface area (Å²) in [6.07, 6.45) is 1.98. The van der Waals surface area contributed by atoms with Crippen LogP contribution in [0.5, 0.6) is 0 Å². The van der Waals surface area contributed by atoms with Crippen LogP contribution in [0.4, 0.5) is 0 Å². The molecule has 31 heavy (non-hydrogen) atoms. The van der Waals surface area contributed by atoms with Gasteiger partial charge in [0.1, 0.15) is 11.8 Å². The third-order valence-corrected chi connectivity index (χ3v) is 6.16. The Balaban J connectivity index is 2.09. The minimum absolute atomic E-state index is 0.0220. The number of methoxy groups -OCH3 is 1. The number of hydrogen-bond donors (Lipinski definition) is 1. The van der Waals surface area contributed by atoms with Crippen molar-refractivity contribution in [3.63, 3.8) is 0 Å². The molecule has 1 atom stereocenters. The molecule has 8 heteroatoms. The van der Waals surface area contributed by atoms with Gasteiger partial charge in [-0.3, -0.25) is 4.68 Å². The molecule has 0 aliphatic carbocycles. The van der Waals surface area contributed by atoms with Gasteiger partial charge in [-0.1, -0.05) is 17.7 Å². The average molecular weight is 444 g/mol. The van der Waals surface area contributed by atoms with Crippen LogP contribution in [0.15, 0.2) is 24.8 Å². The molecule has 1 unspecified atom stereocenters. The Labute approximate surface area is 185 Å². The Morgan fingerprint density at radius 1 is 1.42 bits per heavy atom. The van der Waals surface area contributed by atoms with E-state index in [0.29, 0.717) is 36.8 Å². The van der Waals surface area contributed by atoms with Crippen molar-refractivity contribution in [3.8, 4) is 11.1 Å². The number of halogens is 1. The zero-order valence-corrected chi connectivity index (χ0v) is 18.7. The Morgan fingerprint density at radius 3 is 2.87 bits per heavy atom. The van der Waals surface area contributed by atoms with E-state index in [9.17, 15) is 9.90 Å². The minimum Gasteiger partial charge on any atom is -0.464 e. The van der Waals surface area contributed by atoms with Crippen LogP contribution in [0.25, 0.3) is 22.0 Å². The number of aryl methyl sites for hydroxylation is 3. The predicted octanol–water partition coefficient (Wildman–Crippen LogP) is 4.20. The second-order valence-electron chi connectivity index (χ2n) is 7.61. The van der Waals surface area contributed by atoms with Gasteiger partial charge in [-0.05, 0) is 38.0 Å². The molecule has 0 spiro atoms. The molecule has 3 heterocycles. The lowest BCUT2D eigenvalue weighted by Crippen LogP contribution is -2.21. The van der Waals surface area contributed by atoms with Crippen molar-refractivity contribution in [1.29, 1.82) is 0 Å². The first-order chi connectivity index (χ1) is 14.9. The molecular weight excluding hydrogens is 418 g/mol. The number of aromatic nitrogens is 3. The molecule has 7 nitrogen and oxygen atoms in total. The van der Waals surface area contributed by atoms with Crippen LogP contribution in [0.1, 0.15) is 40.0 Å². The summed E-state index contributed by atoms with van der Waals surface area (Å²) in [4.78, 5) is 12.7. The van der Waals surface area contributed by atoms with E-state index < -0.39 is 5.97 Å². The van der Waals surface area contributed by atoms with Crippen LogP contribution >= 0.6 is 11.6 Å². The summed E-state index contributed by atoms with van der Waals surface area (Å²) in [5, 5.41) is 15.6. The molecule has 1 N–H and O–H groups in total. The van der Waals surface area contributed by atoms with Crippen LogP contribution in [-0.2, 0) is 22.6 Å². The van der Waals surface area contributed by atoms with Gasteiger partial charge in [-0.15, -0.1) is 6.58 Å². The quantitative estimate of drug-likeness (QED) is 0.456. The summed E-state index contributed by atoms with van der Waals surface area (Å²) in [5.41, 5.74) is 5.57. The highest BCUT2D eigenvalue weighted by molar-refractivity contribution is 6.35. The number of aliphatic hydroxyl groups excluding tert-OH is 1. The molecule has 0 fully saturated rings. The maximum Gasteiger partial charge on any atom is 0.354 e. The SMILES string of the molecule is C=CC1OCCn2nc(C)c(-c3c(Cl)ccc4c3c(C)c(C(=O)OC)n4CCCO)c21. The van der Waals surface area contributed by atoms with Gasteiger partial charge in [-0.2, -0.15) is 5.10 Å². The molecule has 1 aliphatic rings. The zero-order chi connectivity index (χ0) is 22.3. The Morgan fingerprint density at radius 2 is 2.19 bits per heavy atom. The summed E-state index contributed by atoms with van der Waals surface area (Å²) in [5.74, 6) is -0.422. The van der Waals surface area contributed by atoms with Crippen molar-refractivity contribution in [2.24, 2.45) is 0 Å². The van der Waals surface area contributed by atoms with Crippen molar-refractivity contribution in [2.75, 3.05) is 20.3 Å². The highest BCUT2D eigenvalue weighted by atomic mass is 35.5. The Bertz CT molecular complexity index is 1180. The maximum atomic E-state index is 12.7. The molecule has 0 bridgehead atoms. The van der Waals surface area contributed by atoms with E-state index in [1.807, 2.05) is 35.2 Å². The normalized spacial score (nSPS) is 15.8. The highest BCUT2D eigenvalue weighted by Gasteiger charge is 2.31. The summed E-state index contributed by atoms with van der Waals surface area (Å²) < 4.78 is 14.8. The van der Waals surface area contributed by atoms with Crippen LogP contribution in [0.3, 0.4) is 0 Å². The van der Waals surface area contributed by atoms with Gasteiger partial charge in [-0.25, -0.2) is 4.79 Å². The topological polar surface area (TPSA) is 78.5 Å². The molecule has 0 saturated carbocycles. The standard InChI is InChI=1S/C23H26ClN3O4/c1-5-17-22-19(14(3)25-27(22)10-12-31-17)20-15(24)7-8-16-18(20)13(2)21(23(29)30-4)26(16)9-6-11-28/h5,7-8,17,28H,1,6,9-12H2,2-4H3. The van der Waals surface area contributed by atoms with Crippen LogP contribution in [-0.4, -0.2) is 45.7 Å². The van der Waals surface area contributed by atoms with E-state index in [0.717, 1.165) is 39.0 Å². The third-order valence-electron chi connectivity index (χ3n) is 5.84. The lowest BCUT2D eigenvalue weighted by atomic mass is 9.95. The second kappa shape index (κ2) is 8.49. The number of carbonyl (C=O) groups is 1. The maximum absolute atomic E-state index is 12.7. The lowest BCUT2D eigenvalue weighted by molar-refractivity contribution is 0.0475. The van der Waals surface area contributed by atoms with E-state index >= 15 is 0 Å². The number of nitrogens with zero attached hydrogens (tertiary/aromatic N) is 3. The van der Waals surface area contributed by atoms with Crippen molar-refractivity contribution in [3.05, 3.63) is 52.5 Å². The molecule has 164 valence electrons. The van der Waals surface area contributed by atoms with Crippen LogP contribution in [0.2, 0.25) is 5.02 Å². The lowest BCUT2D eigenvalue weighted by Gasteiger charge is -2.23. The zero-order valence-electron chi connectivity index (χ0n) is 17.9. The van der Waals surface area contributed by atoms with E-state index in [1.165, 1.54) is 7.11 Å². The number of fused-ring (bicyclic) bond motifs is 2. The largest absolute Gasteiger partial charge is 0.464 e. The number of benzene rings is 1. The molecule has 4 rings (SSSR count). The molecular formula is C23H26ClN3O4. The number of aliphatic hydroxyl groups is 1. The van der Waals surface area contributed by atoms with Crippen molar-refractivity contribution in [1.82, 2.24) is 14.3 Å². The molecule has 0 amide bonds. The van der Waals surface area contributed by atoms with Gasteiger partial charge >= 0.3 is 5.97 Å². The minimum atomic E-state index is -0.422. The molecule has 1 aromatic carbocycles. The Hall–Kier alpha value is -2.61. The first kappa shape index (κ1) is 21.6. The Kier molecular flexibility index (Phi) is 5.92. The van der Waals surface area contributed by atoms with E-state index in [4.69, 9.17) is 26.2 Å². The summed E-state index contributed by atoms with van der Waals surface area (Å²) >= 11 is 6.78. The number of hydrogen-bond acceptors (Lipinski definition) is 5. The van der Waals surface area contributed by atoms with Crippen LogP contribution < -0.4 is 0 Å². The average Bonchev–Trinajstić information content (AvgIpc) is 3.25. The molecule has 3 aromatic rings. The van der Waals surface area contributed by atoms with Crippen LogP contribution in [0, 0.1) is 13.8 Å².